The predicted octanol–water partition coefficient (Wildman–Crippen LogP) is 7.19. The summed E-state index contributed by atoms with van der Waals surface area (Å²) in [6.45, 7) is 16.1. The lowest BCUT2D eigenvalue weighted by molar-refractivity contribution is 0.0696. The Bertz CT molecular complexity index is 1260. The van der Waals surface area contributed by atoms with Crippen LogP contribution in [0.3, 0.4) is 0 Å². The summed E-state index contributed by atoms with van der Waals surface area (Å²) in [5.41, 5.74) is 1.84. The van der Waals surface area contributed by atoms with Gasteiger partial charge in [-0.05, 0) is 74.9 Å². The molecule has 2 aromatic rings. The molecule has 1 heterocycles. The number of benzene rings is 2. The van der Waals surface area contributed by atoms with Crippen molar-refractivity contribution in [3.05, 3.63) is 64.0 Å². The number of ketones is 1. The molecule has 1 aliphatic rings. The number of aromatic carboxylic acids is 1. The van der Waals surface area contributed by atoms with Crippen molar-refractivity contribution in [2.45, 2.75) is 79.2 Å². The Morgan fingerprint density at radius 1 is 1.03 bits per heavy atom. The van der Waals surface area contributed by atoms with E-state index in [1.54, 1.807) is 19.1 Å². The molecule has 3 rings (SSSR count). The van der Waals surface area contributed by atoms with Crippen LogP contribution in [-0.4, -0.2) is 41.5 Å². The molecule has 206 valence electrons. The fraction of sp³-hybridized carbons (Fsp3) is 0.484. The number of nitrogens with zero attached hydrogens (tertiary/aromatic N) is 1. The number of fused-ring (bicyclic) bond motifs is 1. The van der Waals surface area contributed by atoms with Crippen LogP contribution < -0.4 is 9.47 Å². The largest absolute Gasteiger partial charge is 0.490 e. The topological polar surface area (TPSA) is 76.1 Å². The molecule has 0 aliphatic carbocycles. The Balaban J connectivity index is 2.15. The highest BCUT2D eigenvalue weighted by atomic mass is 19.1. The lowest BCUT2D eigenvalue weighted by Crippen LogP contribution is -2.38. The summed E-state index contributed by atoms with van der Waals surface area (Å²) in [7, 11) is 0. The molecule has 0 spiro atoms. The highest BCUT2D eigenvalue weighted by Crippen LogP contribution is 2.51. The van der Waals surface area contributed by atoms with Crippen LogP contribution in [0.4, 0.5) is 4.39 Å². The van der Waals surface area contributed by atoms with Crippen LogP contribution in [0.25, 0.3) is 5.70 Å². The van der Waals surface area contributed by atoms with Crippen LogP contribution in [0.5, 0.6) is 11.5 Å². The number of halogens is 1. The smallest absolute Gasteiger partial charge is 0.335 e. The molecule has 7 heteroatoms. The molecule has 2 aromatic carbocycles. The van der Waals surface area contributed by atoms with Crippen molar-refractivity contribution in [1.29, 1.82) is 0 Å². The number of rotatable bonds is 10. The fourth-order valence-corrected chi connectivity index (χ4v) is 4.82. The Hall–Kier alpha value is -3.35. The molecule has 1 aliphatic heterocycles. The summed E-state index contributed by atoms with van der Waals surface area (Å²) in [6, 6.07) is 6.62. The standard InChI is InChI=1S/C31H40FNO5/c1-9-12-13-23-26-22(17-25(37-10-2)28(27(26)32)38-11-3)31(7,8)33(23)18-24(34)19-14-20(29(35)36)16-21(15-19)30(4,5)6/h13-17H,9-12,18H2,1-8H3,(H,35,36). The third kappa shape index (κ3) is 5.57. The van der Waals surface area contributed by atoms with Gasteiger partial charge in [0.05, 0.1) is 30.9 Å². The van der Waals surface area contributed by atoms with Crippen molar-refractivity contribution >= 4 is 17.4 Å². The minimum Gasteiger partial charge on any atom is -0.490 e. The molecule has 0 saturated heterocycles. The molecule has 0 aromatic heterocycles. The summed E-state index contributed by atoms with van der Waals surface area (Å²) >= 11 is 0. The van der Waals surface area contributed by atoms with Crippen LogP contribution in [0.15, 0.2) is 30.3 Å². The second-order valence-electron chi connectivity index (χ2n) is 11.1. The minimum atomic E-state index is -1.09. The number of hydrogen-bond donors (Lipinski definition) is 1. The molecule has 0 unspecified atom stereocenters. The second kappa shape index (κ2) is 11.2. The third-order valence-electron chi connectivity index (χ3n) is 6.95. The first-order valence-electron chi connectivity index (χ1n) is 13.3. The van der Waals surface area contributed by atoms with E-state index < -0.39 is 17.3 Å². The van der Waals surface area contributed by atoms with Gasteiger partial charge in [0.1, 0.15) is 0 Å². The molecular formula is C31H40FNO5. The van der Waals surface area contributed by atoms with Gasteiger partial charge in [0.2, 0.25) is 0 Å². The third-order valence-corrected chi connectivity index (χ3v) is 6.95. The van der Waals surface area contributed by atoms with Gasteiger partial charge in [-0.25, -0.2) is 9.18 Å². The van der Waals surface area contributed by atoms with Crippen LogP contribution in [0.1, 0.15) is 106 Å². The summed E-state index contributed by atoms with van der Waals surface area (Å²) in [5, 5.41) is 9.68. The van der Waals surface area contributed by atoms with Gasteiger partial charge >= 0.3 is 5.97 Å². The number of allylic oxidation sites excluding steroid dienone is 1. The highest BCUT2D eigenvalue weighted by Gasteiger charge is 2.44. The summed E-state index contributed by atoms with van der Waals surface area (Å²) < 4.78 is 27.5. The summed E-state index contributed by atoms with van der Waals surface area (Å²) in [5.74, 6) is -1.41. The van der Waals surface area contributed by atoms with Crippen molar-refractivity contribution in [2.24, 2.45) is 0 Å². The van der Waals surface area contributed by atoms with Gasteiger partial charge in [0.25, 0.3) is 0 Å². The monoisotopic (exact) mass is 525 g/mol. The maximum atomic E-state index is 16.1. The first-order chi connectivity index (χ1) is 17.8. The predicted molar refractivity (Wildman–Crippen MR) is 148 cm³/mol. The van der Waals surface area contributed by atoms with E-state index in [1.807, 2.05) is 65.5 Å². The van der Waals surface area contributed by atoms with Crippen molar-refractivity contribution in [2.75, 3.05) is 19.8 Å². The van der Waals surface area contributed by atoms with E-state index in [2.05, 4.69) is 0 Å². The van der Waals surface area contributed by atoms with E-state index in [-0.39, 0.29) is 35.7 Å². The maximum Gasteiger partial charge on any atom is 0.335 e. The number of carboxylic acid groups (broad SMARTS) is 1. The molecule has 38 heavy (non-hydrogen) atoms. The second-order valence-corrected chi connectivity index (χ2v) is 11.1. The molecule has 0 radical (unpaired) electrons. The van der Waals surface area contributed by atoms with Crippen molar-refractivity contribution in [3.63, 3.8) is 0 Å². The SMILES string of the molecule is CCCC=C1c2c(cc(OCC)c(OCC)c2F)C(C)(C)N1CC(=O)c1cc(C(=O)O)cc(C(C)(C)C)c1. The number of hydrogen-bond acceptors (Lipinski definition) is 5. The lowest BCUT2D eigenvalue weighted by Gasteiger charge is -2.35. The normalized spacial score (nSPS) is 15.5. The van der Waals surface area contributed by atoms with Gasteiger partial charge in [-0.15, -0.1) is 0 Å². The van der Waals surface area contributed by atoms with Crippen LogP contribution in [0.2, 0.25) is 0 Å². The summed E-state index contributed by atoms with van der Waals surface area (Å²) in [4.78, 5) is 27.5. The molecule has 0 fully saturated rings. The van der Waals surface area contributed by atoms with E-state index in [0.29, 0.717) is 41.2 Å². The van der Waals surface area contributed by atoms with Crippen molar-refractivity contribution < 1.29 is 28.6 Å². The van der Waals surface area contributed by atoms with Crippen LogP contribution in [-0.2, 0) is 11.0 Å². The van der Waals surface area contributed by atoms with Gasteiger partial charge in [-0.3, -0.25) is 4.79 Å². The number of carboxylic acids is 1. The molecule has 6 nitrogen and oxygen atoms in total. The van der Waals surface area contributed by atoms with E-state index in [9.17, 15) is 14.7 Å². The van der Waals surface area contributed by atoms with Crippen LogP contribution in [0, 0.1) is 5.82 Å². The van der Waals surface area contributed by atoms with E-state index in [4.69, 9.17) is 9.47 Å². The van der Waals surface area contributed by atoms with E-state index in [0.717, 1.165) is 12.0 Å². The van der Waals surface area contributed by atoms with Gasteiger partial charge in [-0.1, -0.05) is 40.2 Å². The Morgan fingerprint density at radius 2 is 1.66 bits per heavy atom. The first kappa shape index (κ1) is 29.2. The van der Waals surface area contributed by atoms with Crippen molar-refractivity contribution in [3.8, 4) is 11.5 Å². The zero-order valence-electron chi connectivity index (χ0n) is 23.8. The van der Waals surface area contributed by atoms with Gasteiger partial charge in [0.15, 0.2) is 23.1 Å². The fourth-order valence-electron chi connectivity index (χ4n) is 4.82. The van der Waals surface area contributed by atoms with Crippen molar-refractivity contribution in [1.82, 2.24) is 4.90 Å². The zero-order valence-corrected chi connectivity index (χ0v) is 23.8. The Morgan fingerprint density at radius 3 is 2.21 bits per heavy atom. The number of carbonyl (C=O) groups excluding carboxylic acids is 1. The molecule has 0 atom stereocenters. The highest BCUT2D eigenvalue weighted by molar-refractivity contribution is 6.01. The van der Waals surface area contributed by atoms with Gasteiger partial charge in [0, 0.05) is 16.8 Å². The average molecular weight is 526 g/mol. The molecule has 0 amide bonds. The quantitative estimate of drug-likeness (QED) is 0.331. The average Bonchev–Trinajstić information content (AvgIpc) is 3.05. The van der Waals surface area contributed by atoms with Crippen LogP contribution >= 0.6 is 0 Å². The number of unbranched alkanes of at least 4 members (excludes halogenated alkanes) is 1. The molecule has 0 bridgehead atoms. The maximum absolute atomic E-state index is 16.1. The lowest BCUT2D eigenvalue weighted by atomic mass is 9.84. The van der Waals surface area contributed by atoms with Gasteiger partial charge < -0.3 is 19.5 Å². The number of carbonyl (C=O) groups is 2. The Kier molecular flexibility index (Phi) is 8.59. The van der Waals surface area contributed by atoms with E-state index in [1.165, 1.54) is 6.07 Å². The molecule has 1 N–H and O–H groups in total. The number of Topliss-reactive ketones (excluding diaryl/α,β-unsaturated/α-hetero) is 1. The molecule has 0 saturated carbocycles. The molecular weight excluding hydrogens is 485 g/mol. The summed E-state index contributed by atoms with van der Waals surface area (Å²) in [6.07, 6.45) is 3.52. The van der Waals surface area contributed by atoms with Gasteiger partial charge in [-0.2, -0.15) is 0 Å². The van der Waals surface area contributed by atoms with E-state index >= 15 is 4.39 Å². The Labute approximate surface area is 225 Å². The number of ether oxygens (including phenoxy) is 2. The first-order valence-corrected chi connectivity index (χ1v) is 13.3. The minimum absolute atomic E-state index is 0.0444. The zero-order chi connectivity index (χ0) is 28.4.